The maximum atomic E-state index is 11.6. The molecule has 0 aliphatic carbocycles. The minimum atomic E-state index is -0.725. The van der Waals surface area contributed by atoms with Crippen LogP contribution >= 0.6 is 0 Å². The van der Waals surface area contributed by atoms with E-state index in [9.17, 15) is 14.9 Å². The summed E-state index contributed by atoms with van der Waals surface area (Å²) in [6.07, 6.45) is 0. The molecular weight excluding hydrogens is 230 g/mol. The second-order valence-corrected chi connectivity index (χ2v) is 3.17. The molecule has 0 saturated heterocycles. The minimum Gasteiger partial charge on any atom is -0.395 e. The number of aromatic nitrogens is 1. The molecule has 0 unspecified atom stereocenters. The SMILES string of the molecule is Cc1cc(NC(=O)c2ccc([N+](=O)[O-])o2)no1. The van der Waals surface area contributed by atoms with Crippen molar-refractivity contribution in [1.29, 1.82) is 0 Å². The molecule has 1 N–H and O–H groups in total. The zero-order valence-corrected chi connectivity index (χ0v) is 8.67. The zero-order chi connectivity index (χ0) is 12.4. The Morgan fingerprint density at radius 1 is 1.53 bits per heavy atom. The summed E-state index contributed by atoms with van der Waals surface area (Å²) >= 11 is 0. The number of anilines is 1. The van der Waals surface area contributed by atoms with Gasteiger partial charge in [-0.25, -0.2) is 0 Å². The van der Waals surface area contributed by atoms with E-state index < -0.39 is 16.7 Å². The lowest BCUT2D eigenvalue weighted by Crippen LogP contribution is -2.10. The van der Waals surface area contributed by atoms with Crippen molar-refractivity contribution >= 4 is 17.6 Å². The van der Waals surface area contributed by atoms with E-state index in [0.29, 0.717) is 5.76 Å². The molecule has 8 nitrogen and oxygen atoms in total. The van der Waals surface area contributed by atoms with Crippen molar-refractivity contribution in [2.75, 3.05) is 5.32 Å². The summed E-state index contributed by atoms with van der Waals surface area (Å²) in [5.41, 5.74) is 0. The van der Waals surface area contributed by atoms with Gasteiger partial charge in [-0.1, -0.05) is 5.16 Å². The minimum absolute atomic E-state index is 0.169. The summed E-state index contributed by atoms with van der Waals surface area (Å²) in [5, 5.41) is 16.3. The van der Waals surface area contributed by atoms with Crippen LogP contribution in [0.4, 0.5) is 11.7 Å². The fourth-order valence-electron chi connectivity index (χ4n) is 1.15. The van der Waals surface area contributed by atoms with Crippen molar-refractivity contribution in [3.05, 3.63) is 39.8 Å². The van der Waals surface area contributed by atoms with Crippen LogP contribution < -0.4 is 5.32 Å². The summed E-state index contributed by atoms with van der Waals surface area (Å²) < 4.78 is 9.46. The highest BCUT2D eigenvalue weighted by Crippen LogP contribution is 2.17. The Kier molecular flexibility index (Phi) is 2.61. The molecule has 8 heteroatoms. The lowest BCUT2D eigenvalue weighted by Gasteiger charge is -1.95. The number of nitro groups is 1. The molecule has 0 bridgehead atoms. The number of hydrogen-bond donors (Lipinski definition) is 1. The van der Waals surface area contributed by atoms with E-state index in [0.717, 1.165) is 6.07 Å². The highest BCUT2D eigenvalue weighted by atomic mass is 16.6. The summed E-state index contributed by atoms with van der Waals surface area (Å²) in [7, 11) is 0. The summed E-state index contributed by atoms with van der Waals surface area (Å²) in [5.74, 6) is -0.549. The number of nitrogens with zero attached hydrogens (tertiary/aromatic N) is 2. The molecule has 0 saturated carbocycles. The van der Waals surface area contributed by atoms with Gasteiger partial charge in [0.05, 0.1) is 6.07 Å². The predicted octanol–water partition coefficient (Wildman–Crippen LogP) is 1.74. The standard InChI is InChI=1S/C9H7N3O5/c1-5-4-7(11-17-5)10-9(13)6-2-3-8(16-6)12(14)15/h2-4H,1H3,(H,10,11,13). The summed E-state index contributed by atoms with van der Waals surface area (Å²) in [6, 6.07) is 3.82. The fraction of sp³-hybridized carbons (Fsp3) is 0.111. The van der Waals surface area contributed by atoms with Gasteiger partial charge in [0, 0.05) is 6.07 Å². The Balaban J connectivity index is 2.11. The third-order valence-electron chi connectivity index (χ3n) is 1.87. The monoisotopic (exact) mass is 237 g/mol. The molecule has 0 fully saturated rings. The van der Waals surface area contributed by atoms with E-state index in [-0.39, 0.29) is 11.6 Å². The molecule has 1 amide bonds. The van der Waals surface area contributed by atoms with Crippen LogP contribution in [0.1, 0.15) is 16.3 Å². The topological polar surface area (TPSA) is 111 Å². The van der Waals surface area contributed by atoms with E-state index in [1.165, 1.54) is 12.1 Å². The van der Waals surface area contributed by atoms with E-state index in [1.54, 1.807) is 6.92 Å². The van der Waals surface area contributed by atoms with Crippen molar-refractivity contribution < 1.29 is 18.7 Å². The highest BCUT2D eigenvalue weighted by molar-refractivity contribution is 6.01. The highest BCUT2D eigenvalue weighted by Gasteiger charge is 2.18. The second kappa shape index (κ2) is 4.08. The van der Waals surface area contributed by atoms with Crippen molar-refractivity contribution in [3.8, 4) is 0 Å². The summed E-state index contributed by atoms with van der Waals surface area (Å²) in [6.45, 7) is 1.67. The summed E-state index contributed by atoms with van der Waals surface area (Å²) in [4.78, 5) is 21.2. The van der Waals surface area contributed by atoms with Crippen LogP contribution in [-0.2, 0) is 0 Å². The second-order valence-electron chi connectivity index (χ2n) is 3.17. The predicted molar refractivity (Wildman–Crippen MR) is 54.6 cm³/mol. The molecule has 0 aliphatic heterocycles. The third kappa shape index (κ3) is 2.30. The van der Waals surface area contributed by atoms with Crippen molar-refractivity contribution in [2.45, 2.75) is 6.92 Å². The molecule has 2 rings (SSSR count). The molecule has 2 aromatic heterocycles. The first-order valence-corrected chi connectivity index (χ1v) is 4.55. The lowest BCUT2D eigenvalue weighted by atomic mass is 10.4. The third-order valence-corrected chi connectivity index (χ3v) is 1.87. The first-order valence-electron chi connectivity index (χ1n) is 4.55. The molecular formula is C9H7N3O5. The number of carbonyl (C=O) groups excluding carboxylic acids is 1. The fourth-order valence-corrected chi connectivity index (χ4v) is 1.15. The van der Waals surface area contributed by atoms with Crippen LogP contribution in [0.2, 0.25) is 0 Å². The van der Waals surface area contributed by atoms with Gasteiger partial charge in [-0.15, -0.1) is 0 Å². The molecule has 17 heavy (non-hydrogen) atoms. The van der Waals surface area contributed by atoms with Gasteiger partial charge >= 0.3 is 5.88 Å². The maximum absolute atomic E-state index is 11.6. The van der Waals surface area contributed by atoms with Gasteiger partial charge in [0.2, 0.25) is 0 Å². The molecule has 0 aliphatic rings. The van der Waals surface area contributed by atoms with Crippen LogP contribution in [0.5, 0.6) is 0 Å². The average Bonchev–Trinajstić information content (AvgIpc) is 2.86. The van der Waals surface area contributed by atoms with Gasteiger partial charge in [-0.05, 0) is 13.0 Å². The number of aryl methyl sites for hydroxylation is 1. The Bertz CT molecular complexity index is 571. The molecule has 0 aromatic carbocycles. The average molecular weight is 237 g/mol. The zero-order valence-electron chi connectivity index (χ0n) is 8.67. The van der Waals surface area contributed by atoms with Crippen molar-refractivity contribution in [3.63, 3.8) is 0 Å². The van der Waals surface area contributed by atoms with Crippen LogP contribution in [-0.4, -0.2) is 16.0 Å². The largest absolute Gasteiger partial charge is 0.433 e. The first-order chi connectivity index (χ1) is 8.06. The van der Waals surface area contributed by atoms with Gasteiger partial charge in [0.1, 0.15) is 10.7 Å². The number of carbonyl (C=O) groups is 1. The van der Waals surface area contributed by atoms with Crippen LogP contribution in [0.15, 0.2) is 27.1 Å². The van der Waals surface area contributed by atoms with Gasteiger partial charge < -0.3 is 14.3 Å². The van der Waals surface area contributed by atoms with Crippen LogP contribution in [0, 0.1) is 17.0 Å². The Morgan fingerprint density at radius 3 is 2.82 bits per heavy atom. The number of nitrogens with one attached hydrogen (secondary N) is 1. The van der Waals surface area contributed by atoms with Gasteiger partial charge in [-0.2, -0.15) is 0 Å². The number of hydrogen-bond acceptors (Lipinski definition) is 6. The van der Waals surface area contributed by atoms with E-state index in [4.69, 9.17) is 8.94 Å². The van der Waals surface area contributed by atoms with Gasteiger partial charge in [0.25, 0.3) is 5.91 Å². The Hall–Kier alpha value is -2.64. The molecule has 88 valence electrons. The van der Waals surface area contributed by atoms with Crippen LogP contribution in [0.3, 0.4) is 0 Å². The quantitative estimate of drug-likeness (QED) is 0.642. The van der Waals surface area contributed by atoms with Gasteiger partial charge in [0.15, 0.2) is 11.6 Å². The number of furan rings is 1. The Morgan fingerprint density at radius 2 is 2.29 bits per heavy atom. The molecule has 0 radical (unpaired) electrons. The molecule has 0 atom stereocenters. The van der Waals surface area contributed by atoms with E-state index in [2.05, 4.69) is 10.5 Å². The van der Waals surface area contributed by atoms with Crippen LogP contribution in [0.25, 0.3) is 0 Å². The maximum Gasteiger partial charge on any atom is 0.433 e. The molecule has 2 aromatic rings. The smallest absolute Gasteiger partial charge is 0.395 e. The number of rotatable bonds is 3. The van der Waals surface area contributed by atoms with E-state index >= 15 is 0 Å². The van der Waals surface area contributed by atoms with E-state index in [1.807, 2.05) is 0 Å². The van der Waals surface area contributed by atoms with Gasteiger partial charge in [-0.3, -0.25) is 14.9 Å². The van der Waals surface area contributed by atoms with Crippen molar-refractivity contribution in [2.24, 2.45) is 0 Å². The van der Waals surface area contributed by atoms with Crippen molar-refractivity contribution in [1.82, 2.24) is 5.16 Å². The normalized spacial score (nSPS) is 10.2. The molecule has 2 heterocycles. The first kappa shape index (κ1) is 10.9. The Labute approximate surface area is 94.3 Å². The molecule has 0 spiro atoms. The lowest BCUT2D eigenvalue weighted by molar-refractivity contribution is -0.402. The number of amides is 1.